The number of ether oxygens (including phenoxy) is 2. The molecule has 0 heterocycles. The Balaban J connectivity index is 3.23. The molecule has 4 heteroatoms. The quantitative estimate of drug-likeness (QED) is 0.559. The Morgan fingerprint density at radius 3 is 2.38 bits per heavy atom. The van der Waals surface area contributed by atoms with Crippen molar-refractivity contribution in [2.75, 3.05) is 7.11 Å². The summed E-state index contributed by atoms with van der Waals surface area (Å²) in [6, 6.07) is 3.57. The third kappa shape index (κ3) is 2.78. The Labute approximate surface area is 97.2 Å². The molecular weight excluding hydrogens is 203 g/mol. The van der Waals surface area contributed by atoms with E-state index in [0.29, 0.717) is 17.1 Å². The molecule has 0 N–H and O–H groups in total. The molecule has 1 rings (SSSR count). The lowest BCUT2D eigenvalue weighted by Crippen LogP contribution is -2.16. The molecule has 0 aliphatic heterocycles. The van der Waals surface area contributed by atoms with E-state index in [1.165, 1.54) is 0 Å². The van der Waals surface area contributed by atoms with E-state index >= 15 is 0 Å². The highest BCUT2D eigenvalue weighted by atomic mass is 16.5. The molecule has 0 fully saturated rings. The predicted molar refractivity (Wildman–Crippen MR) is 66.9 cm³/mol. The molecule has 3 nitrogen and oxygen atoms in total. The number of hydrogen-bond donors (Lipinski definition) is 0. The molecule has 0 aromatic heterocycles. The van der Waals surface area contributed by atoms with Crippen LogP contribution in [0.1, 0.15) is 31.1 Å². The third-order valence-corrected chi connectivity index (χ3v) is 2.25. The number of ketones is 1. The zero-order chi connectivity index (χ0) is 12.3. The van der Waals surface area contributed by atoms with Crippen LogP contribution in [0.3, 0.4) is 0 Å². The van der Waals surface area contributed by atoms with E-state index in [1.54, 1.807) is 20.1 Å². The number of hydrogen-bond acceptors (Lipinski definition) is 3. The van der Waals surface area contributed by atoms with Crippen molar-refractivity contribution in [2.45, 2.75) is 26.9 Å². The Bertz CT molecular complexity index is 399. The standard InChI is InChI=1S/C12H17BO3/c1-7(2)16-12-5-9(8(3)14)10(13)6-11(12)15-4/h5-7H,13H2,1-4H3. The largest absolute Gasteiger partial charge is 0.493 e. The maximum Gasteiger partial charge on any atom is 0.162 e. The molecule has 0 spiro atoms. The normalized spacial score (nSPS) is 10.3. The molecule has 16 heavy (non-hydrogen) atoms. The lowest BCUT2D eigenvalue weighted by molar-refractivity contribution is 0.101. The van der Waals surface area contributed by atoms with Crippen LogP contribution in [-0.4, -0.2) is 26.8 Å². The molecule has 0 saturated heterocycles. The topological polar surface area (TPSA) is 35.5 Å². The third-order valence-electron chi connectivity index (χ3n) is 2.25. The molecule has 0 amide bonds. The fourth-order valence-electron chi connectivity index (χ4n) is 1.55. The highest BCUT2D eigenvalue weighted by Gasteiger charge is 2.12. The van der Waals surface area contributed by atoms with Gasteiger partial charge in [0.05, 0.1) is 13.2 Å². The van der Waals surface area contributed by atoms with Crippen molar-refractivity contribution in [3.05, 3.63) is 17.7 Å². The average Bonchev–Trinajstić information content (AvgIpc) is 2.18. The first-order valence-electron chi connectivity index (χ1n) is 5.32. The second kappa shape index (κ2) is 5.06. The van der Waals surface area contributed by atoms with E-state index in [4.69, 9.17) is 9.47 Å². The Kier molecular flexibility index (Phi) is 3.99. The molecule has 0 aliphatic rings. The number of Topliss-reactive ketones (excluding diaryl/α,β-unsaturated/α-hetero) is 1. The van der Waals surface area contributed by atoms with E-state index in [-0.39, 0.29) is 11.9 Å². The summed E-state index contributed by atoms with van der Waals surface area (Å²) in [5.41, 5.74) is 1.58. The van der Waals surface area contributed by atoms with Crippen LogP contribution in [0.25, 0.3) is 0 Å². The number of methoxy groups -OCH3 is 1. The summed E-state index contributed by atoms with van der Waals surface area (Å²) >= 11 is 0. The lowest BCUT2D eigenvalue weighted by atomic mass is 9.88. The van der Waals surface area contributed by atoms with Crippen molar-refractivity contribution < 1.29 is 14.3 Å². The predicted octanol–water partition coefficient (Wildman–Crippen LogP) is 0.943. The molecular formula is C12H17BO3. The molecule has 86 valence electrons. The summed E-state index contributed by atoms with van der Waals surface area (Å²) in [5, 5.41) is 0. The van der Waals surface area contributed by atoms with Crippen molar-refractivity contribution in [3.8, 4) is 11.5 Å². The van der Waals surface area contributed by atoms with Gasteiger partial charge in [-0.3, -0.25) is 4.79 Å². The Hall–Kier alpha value is -1.45. The molecule has 1 aromatic carbocycles. The first-order chi connectivity index (χ1) is 7.45. The number of carbonyl (C=O) groups excluding carboxylic acids is 1. The molecule has 0 atom stereocenters. The Morgan fingerprint density at radius 1 is 1.31 bits per heavy atom. The molecule has 0 radical (unpaired) electrons. The van der Waals surface area contributed by atoms with Gasteiger partial charge in [-0.25, -0.2) is 0 Å². The van der Waals surface area contributed by atoms with Crippen LogP contribution in [0.2, 0.25) is 0 Å². The molecule has 0 aliphatic carbocycles. The first-order valence-corrected chi connectivity index (χ1v) is 5.32. The van der Waals surface area contributed by atoms with Gasteiger partial charge in [0.25, 0.3) is 0 Å². The van der Waals surface area contributed by atoms with E-state index in [9.17, 15) is 4.79 Å². The lowest BCUT2D eigenvalue weighted by Gasteiger charge is -2.15. The molecule has 1 aromatic rings. The summed E-state index contributed by atoms with van der Waals surface area (Å²) in [4.78, 5) is 11.4. The smallest absolute Gasteiger partial charge is 0.162 e. The number of rotatable bonds is 4. The second-order valence-electron chi connectivity index (χ2n) is 4.04. The fraction of sp³-hybridized carbons (Fsp3) is 0.417. The van der Waals surface area contributed by atoms with Crippen LogP contribution in [-0.2, 0) is 0 Å². The van der Waals surface area contributed by atoms with Crippen LogP contribution in [0.4, 0.5) is 0 Å². The van der Waals surface area contributed by atoms with Gasteiger partial charge >= 0.3 is 0 Å². The average molecular weight is 220 g/mol. The summed E-state index contributed by atoms with van der Waals surface area (Å²) < 4.78 is 10.8. The van der Waals surface area contributed by atoms with Gasteiger partial charge < -0.3 is 9.47 Å². The number of carbonyl (C=O) groups is 1. The maximum absolute atomic E-state index is 11.4. The van der Waals surface area contributed by atoms with Gasteiger partial charge in [-0.2, -0.15) is 0 Å². The van der Waals surface area contributed by atoms with Gasteiger partial charge in [-0.15, -0.1) is 0 Å². The second-order valence-corrected chi connectivity index (χ2v) is 4.04. The van der Waals surface area contributed by atoms with Gasteiger partial charge in [0.15, 0.2) is 17.3 Å². The molecule has 0 bridgehead atoms. The van der Waals surface area contributed by atoms with E-state index in [0.717, 1.165) is 5.46 Å². The van der Waals surface area contributed by atoms with Crippen LogP contribution >= 0.6 is 0 Å². The Morgan fingerprint density at radius 2 is 1.94 bits per heavy atom. The summed E-state index contributed by atoms with van der Waals surface area (Å²) in [7, 11) is 3.48. The van der Waals surface area contributed by atoms with Crippen molar-refractivity contribution in [1.29, 1.82) is 0 Å². The van der Waals surface area contributed by atoms with E-state index in [1.807, 2.05) is 27.8 Å². The fourth-order valence-corrected chi connectivity index (χ4v) is 1.55. The van der Waals surface area contributed by atoms with Gasteiger partial charge in [0.2, 0.25) is 0 Å². The van der Waals surface area contributed by atoms with E-state index in [2.05, 4.69) is 0 Å². The first kappa shape index (κ1) is 12.6. The summed E-state index contributed by atoms with van der Waals surface area (Å²) in [6.45, 7) is 5.42. The van der Waals surface area contributed by atoms with Crippen LogP contribution in [0.5, 0.6) is 11.5 Å². The minimum Gasteiger partial charge on any atom is -0.493 e. The summed E-state index contributed by atoms with van der Waals surface area (Å²) in [6.07, 6.45) is 0.0522. The van der Waals surface area contributed by atoms with Crippen molar-refractivity contribution in [2.24, 2.45) is 0 Å². The zero-order valence-corrected chi connectivity index (χ0v) is 10.5. The molecule has 0 unspecified atom stereocenters. The van der Waals surface area contributed by atoms with Gasteiger partial charge in [-0.1, -0.05) is 5.46 Å². The minimum atomic E-state index is 0.0359. The zero-order valence-electron chi connectivity index (χ0n) is 10.5. The van der Waals surface area contributed by atoms with Crippen molar-refractivity contribution in [1.82, 2.24) is 0 Å². The SMILES string of the molecule is Bc1cc(OC)c(OC(C)C)cc1C(C)=O. The monoisotopic (exact) mass is 220 g/mol. The highest BCUT2D eigenvalue weighted by molar-refractivity contribution is 6.36. The van der Waals surface area contributed by atoms with Crippen LogP contribution in [0, 0.1) is 0 Å². The minimum absolute atomic E-state index is 0.0359. The summed E-state index contributed by atoms with van der Waals surface area (Å²) in [5.74, 6) is 1.32. The van der Waals surface area contributed by atoms with Gasteiger partial charge in [0.1, 0.15) is 7.85 Å². The maximum atomic E-state index is 11.4. The van der Waals surface area contributed by atoms with Gasteiger partial charge in [0, 0.05) is 5.56 Å². The molecule has 0 saturated carbocycles. The number of benzene rings is 1. The highest BCUT2D eigenvalue weighted by Crippen LogP contribution is 2.27. The van der Waals surface area contributed by atoms with Crippen LogP contribution < -0.4 is 14.9 Å². The van der Waals surface area contributed by atoms with Gasteiger partial charge in [-0.05, 0) is 32.9 Å². The van der Waals surface area contributed by atoms with Crippen LogP contribution in [0.15, 0.2) is 12.1 Å². The van der Waals surface area contributed by atoms with Crippen molar-refractivity contribution >= 4 is 19.1 Å². The van der Waals surface area contributed by atoms with Crippen molar-refractivity contribution in [3.63, 3.8) is 0 Å². The van der Waals surface area contributed by atoms with E-state index < -0.39 is 0 Å².